The standard InChI is InChI=1S/C18H22O12.C12H18O10.C6H8O4.C4H4O4.C2H6O2/c1-5-13(19)27-10-16(22)30-11(3)17(23)26-8-7-25-15(21)9-28-18(24)12(4)29-14(20)6-2;1-7(14)11(17)21-6-10(16)19-3-4-20-12(18)8(2)22-9(15)5-13;1-3-5(7)10-4(2)6(8)9-3;5-3-1-7-4(6)2-8-3;3-1-2-4/h5-6,11-12H,1-2,7-10H2,3-4H3;7-8,13-14H,3-6H2,1-2H3;3-4H,1-2H3;1-2H2;3-4H,1-2H2. The molecule has 0 aromatic heterocycles. The summed E-state index contributed by atoms with van der Waals surface area (Å²) in [5, 5.41) is 32.5. The van der Waals surface area contributed by atoms with Crippen molar-refractivity contribution in [3.63, 3.8) is 0 Å². The molecule has 2 heterocycles. The van der Waals surface area contributed by atoms with Gasteiger partial charge in [-0.05, 0) is 41.5 Å². The molecule has 0 spiro atoms. The normalized spacial score (nSPS) is 15.5. The lowest BCUT2D eigenvalue weighted by Gasteiger charge is -2.22. The number of carbonyl (C=O) groups is 14. The summed E-state index contributed by atoms with van der Waals surface area (Å²) in [6.45, 7) is 9.12. The molecule has 0 radical (unpaired) electrons. The number of hydrogen-bond donors (Lipinski definition) is 4. The van der Waals surface area contributed by atoms with Crippen LogP contribution in [0.4, 0.5) is 0 Å². The molecule has 0 saturated carbocycles. The summed E-state index contributed by atoms with van der Waals surface area (Å²) in [6, 6.07) is 0. The molecular weight excluding hydrogens is 1020 g/mol. The molecule has 0 aromatic rings. The molecule has 2 fully saturated rings. The molecule has 0 bridgehead atoms. The molecule has 6 unspecified atom stereocenters. The smallest absolute Gasteiger partial charge is 0.347 e. The van der Waals surface area contributed by atoms with Gasteiger partial charge in [0.05, 0.1) is 13.2 Å². The Balaban J connectivity index is -0.000000982. The molecule has 2 rings (SSSR count). The third kappa shape index (κ3) is 37.7. The van der Waals surface area contributed by atoms with Crippen molar-refractivity contribution in [1.29, 1.82) is 0 Å². The minimum atomic E-state index is -1.35. The number of aliphatic hydroxyl groups excluding tert-OH is 4. The lowest BCUT2D eigenvalue weighted by Crippen LogP contribution is -2.40. The molecule has 74 heavy (non-hydrogen) atoms. The first-order chi connectivity index (χ1) is 34.7. The number of rotatable bonds is 23. The second kappa shape index (κ2) is 41.5. The van der Waals surface area contributed by atoms with Crippen LogP contribution in [0.3, 0.4) is 0 Å². The third-order valence-corrected chi connectivity index (χ3v) is 6.94. The van der Waals surface area contributed by atoms with Gasteiger partial charge in [-0.15, -0.1) is 0 Å². The zero-order valence-corrected chi connectivity index (χ0v) is 40.7. The molecule has 6 atom stereocenters. The second-order valence-corrected chi connectivity index (χ2v) is 13.1. The summed E-state index contributed by atoms with van der Waals surface area (Å²) < 4.78 is 63.5. The molecule has 0 aliphatic carbocycles. The maximum absolute atomic E-state index is 11.6. The Kier molecular flexibility index (Phi) is 39.4. The van der Waals surface area contributed by atoms with Crippen LogP contribution in [0.2, 0.25) is 0 Å². The lowest BCUT2D eigenvalue weighted by molar-refractivity contribution is -0.191. The molecule has 2 saturated heterocycles. The van der Waals surface area contributed by atoms with E-state index in [-0.39, 0.29) is 52.9 Å². The highest BCUT2D eigenvalue weighted by Gasteiger charge is 2.32. The van der Waals surface area contributed by atoms with Crippen molar-refractivity contribution >= 4 is 83.6 Å². The van der Waals surface area contributed by atoms with Gasteiger partial charge in [0.1, 0.15) is 39.1 Å². The fourth-order valence-corrected chi connectivity index (χ4v) is 3.43. The Bertz CT molecular complexity index is 1850. The van der Waals surface area contributed by atoms with E-state index in [1.807, 2.05) is 0 Å². The van der Waals surface area contributed by atoms with Crippen LogP contribution in [0.1, 0.15) is 41.5 Å². The monoisotopic (exact) mass is 1070 g/mol. The van der Waals surface area contributed by atoms with Gasteiger partial charge in [-0.1, -0.05) is 13.2 Å². The van der Waals surface area contributed by atoms with Gasteiger partial charge >= 0.3 is 83.6 Å². The first-order valence-electron chi connectivity index (χ1n) is 20.9. The number of cyclic esters (lactones) is 4. The van der Waals surface area contributed by atoms with E-state index in [1.54, 1.807) is 0 Å². The first-order valence-corrected chi connectivity index (χ1v) is 20.9. The summed E-state index contributed by atoms with van der Waals surface area (Å²) in [7, 11) is 0. The van der Waals surface area contributed by atoms with E-state index in [2.05, 4.69) is 74.7 Å². The molecule has 0 amide bonds. The Hall–Kier alpha value is -8.10. The number of ether oxygens (including phenoxy) is 14. The molecule has 418 valence electrons. The van der Waals surface area contributed by atoms with Crippen molar-refractivity contribution in [2.24, 2.45) is 0 Å². The van der Waals surface area contributed by atoms with Crippen LogP contribution >= 0.6 is 0 Å². The van der Waals surface area contributed by atoms with Gasteiger partial charge in [0.2, 0.25) is 0 Å². The zero-order valence-electron chi connectivity index (χ0n) is 40.7. The fraction of sp³-hybridized carbons (Fsp3) is 0.571. The minimum Gasteiger partial charge on any atom is -0.460 e. The van der Waals surface area contributed by atoms with E-state index >= 15 is 0 Å². The van der Waals surface area contributed by atoms with Crippen molar-refractivity contribution in [1.82, 2.24) is 0 Å². The summed E-state index contributed by atoms with van der Waals surface area (Å²) in [5.41, 5.74) is 0. The van der Waals surface area contributed by atoms with Gasteiger partial charge in [0, 0.05) is 12.2 Å². The zero-order chi connectivity index (χ0) is 57.3. The molecule has 32 heteroatoms. The highest BCUT2D eigenvalue weighted by Crippen LogP contribution is 2.08. The van der Waals surface area contributed by atoms with Crippen molar-refractivity contribution in [2.75, 3.05) is 79.3 Å². The van der Waals surface area contributed by atoms with Crippen molar-refractivity contribution < 1.29 is 154 Å². The van der Waals surface area contributed by atoms with Crippen LogP contribution in [-0.4, -0.2) is 220 Å². The third-order valence-electron chi connectivity index (χ3n) is 6.94. The summed E-state index contributed by atoms with van der Waals surface area (Å²) in [6.07, 6.45) is -4.87. The molecule has 4 N–H and O–H groups in total. The molecule has 2 aliphatic rings. The predicted molar refractivity (Wildman–Crippen MR) is 230 cm³/mol. The van der Waals surface area contributed by atoms with E-state index < -0.39 is 147 Å². The van der Waals surface area contributed by atoms with E-state index in [9.17, 15) is 67.1 Å². The number of carbonyl (C=O) groups excluding carboxylic acids is 14. The van der Waals surface area contributed by atoms with E-state index in [1.165, 1.54) is 41.5 Å². The topological polar surface area (TPSA) is 449 Å². The van der Waals surface area contributed by atoms with Crippen molar-refractivity contribution in [3.8, 4) is 0 Å². The maximum Gasteiger partial charge on any atom is 0.347 e. The van der Waals surface area contributed by atoms with Gasteiger partial charge in [0.25, 0.3) is 0 Å². The van der Waals surface area contributed by atoms with Crippen LogP contribution < -0.4 is 0 Å². The van der Waals surface area contributed by atoms with Crippen LogP contribution in [0.25, 0.3) is 0 Å². The summed E-state index contributed by atoms with van der Waals surface area (Å²) in [4.78, 5) is 153. The Morgan fingerprint density at radius 2 is 0.865 bits per heavy atom. The van der Waals surface area contributed by atoms with Crippen LogP contribution in [0.15, 0.2) is 25.3 Å². The average Bonchev–Trinajstić information content (AvgIpc) is 3.37. The predicted octanol–water partition coefficient (Wildman–Crippen LogP) is -4.76. The number of hydrogen-bond acceptors (Lipinski definition) is 32. The van der Waals surface area contributed by atoms with Crippen LogP contribution in [0, 0.1) is 0 Å². The summed E-state index contributed by atoms with van der Waals surface area (Å²) >= 11 is 0. The fourth-order valence-electron chi connectivity index (χ4n) is 3.43. The quantitative estimate of drug-likeness (QED) is 0.0323. The number of esters is 14. The van der Waals surface area contributed by atoms with Crippen molar-refractivity contribution in [3.05, 3.63) is 25.3 Å². The van der Waals surface area contributed by atoms with Crippen LogP contribution in [0.5, 0.6) is 0 Å². The van der Waals surface area contributed by atoms with E-state index in [0.29, 0.717) is 0 Å². The average molecular weight is 1070 g/mol. The Morgan fingerprint density at radius 3 is 1.23 bits per heavy atom. The largest absolute Gasteiger partial charge is 0.460 e. The number of aliphatic hydroxyl groups is 4. The maximum atomic E-state index is 11.6. The molecule has 32 nitrogen and oxygen atoms in total. The molecule has 0 aromatic carbocycles. The van der Waals surface area contributed by atoms with Crippen LogP contribution in [-0.2, 0) is 133 Å². The highest BCUT2D eigenvalue weighted by molar-refractivity contribution is 5.88. The SMILES string of the molecule is C=CC(=O)OCC(=O)OC(C)C(=O)OCCOC(=O)COC(=O)C(C)OC(=O)C=C.CC(O)C(=O)OCC(=O)OCCOC(=O)C(C)OC(=O)CO.CC1OC(=O)C(C)OC1=O.O=C1COC(=O)CO1.OCCO. The van der Waals surface area contributed by atoms with Gasteiger partial charge in [0.15, 0.2) is 63.6 Å². The molecular formula is C42H58O32. The minimum absolute atomic E-state index is 0.125. The van der Waals surface area contributed by atoms with Gasteiger partial charge < -0.3 is 86.7 Å². The Labute approximate surface area is 419 Å². The highest BCUT2D eigenvalue weighted by atomic mass is 16.7. The van der Waals surface area contributed by atoms with Gasteiger partial charge in [-0.2, -0.15) is 0 Å². The Morgan fingerprint density at radius 1 is 0.514 bits per heavy atom. The first kappa shape index (κ1) is 70.2. The summed E-state index contributed by atoms with van der Waals surface area (Å²) in [5.74, 6) is -11.1. The van der Waals surface area contributed by atoms with E-state index in [0.717, 1.165) is 12.2 Å². The lowest BCUT2D eigenvalue weighted by atomic mass is 10.3. The molecule has 2 aliphatic heterocycles. The van der Waals surface area contributed by atoms with Crippen molar-refractivity contribution in [2.45, 2.75) is 78.2 Å². The van der Waals surface area contributed by atoms with Gasteiger partial charge in [-0.3, -0.25) is 0 Å². The van der Waals surface area contributed by atoms with Gasteiger partial charge in [-0.25, -0.2) is 67.1 Å². The second-order valence-electron chi connectivity index (χ2n) is 13.1. The van der Waals surface area contributed by atoms with E-state index in [4.69, 9.17) is 25.2 Å².